The van der Waals surface area contributed by atoms with Crippen molar-refractivity contribution in [3.63, 3.8) is 0 Å². The van der Waals surface area contributed by atoms with E-state index in [2.05, 4.69) is 32.9 Å². The second-order valence-electron chi connectivity index (χ2n) is 4.16. The molecule has 0 rings (SSSR count). The maximum atomic E-state index is 10.5. The van der Waals surface area contributed by atoms with Gasteiger partial charge in [-0.25, -0.2) is 0 Å². The van der Waals surface area contributed by atoms with E-state index in [1.807, 2.05) is 0 Å². The Kier molecular flexibility index (Phi) is 7.17. The molecule has 14 heavy (non-hydrogen) atoms. The van der Waals surface area contributed by atoms with Crippen molar-refractivity contribution in [2.45, 2.75) is 40.5 Å². The largest absolute Gasteiger partial charge is 0.466 e. The minimum Gasteiger partial charge on any atom is -0.466 e. The molecule has 0 spiro atoms. The van der Waals surface area contributed by atoms with Crippen LogP contribution in [0.3, 0.4) is 0 Å². The van der Waals surface area contributed by atoms with E-state index in [-0.39, 0.29) is 5.97 Å². The van der Waals surface area contributed by atoms with E-state index in [0.29, 0.717) is 18.4 Å². The van der Waals surface area contributed by atoms with Crippen LogP contribution in [0.5, 0.6) is 0 Å². The van der Waals surface area contributed by atoms with Crippen LogP contribution in [0.2, 0.25) is 0 Å². The molecule has 0 aliphatic rings. The van der Waals surface area contributed by atoms with Crippen LogP contribution in [0, 0.1) is 11.8 Å². The van der Waals surface area contributed by atoms with Crippen molar-refractivity contribution >= 4 is 5.97 Å². The van der Waals surface area contributed by atoms with E-state index < -0.39 is 0 Å². The molecule has 0 saturated heterocycles. The highest BCUT2D eigenvalue weighted by atomic mass is 16.5. The van der Waals surface area contributed by atoms with E-state index in [4.69, 9.17) is 4.74 Å². The lowest BCUT2D eigenvalue weighted by Gasteiger charge is -2.06. The Labute approximate surface area is 87.3 Å². The molecule has 0 aromatic heterocycles. The molecule has 0 saturated carbocycles. The molecule has 0 aliphatic carbocycles. The first kappa shape index (κ1) is 13.2. The molecule has 2 heteroatoms. The first-order chi connectivity index (χ1) is 6.52. The van der Waals surface area contributed by atoms with Crippen molar-refractivity contribution in [2.75, 3.05) is 6.61 Å². The predicted molar refractivity (Wildman–Crippen MR) is 59.0 cm³/mol. The van der Waals surface area contributed by atoms with Gasteiger partial charge in [0.2, 0.25) is 0 Å². The van der Waals surface area contributed by atoms with Gasteiger partial charge in [-0.3, -0.25) is 4.79 Å². The minimum absolute atomic E-state index is 0.191. The standard InChI is InChI=1S/C12H22O2/c1-10(2)6-5-7-11(3)8-9-14-12(4)13/h5,7,10-11H,6,8-9H2,1-4H3. The molecule has 2 nitrogen and oxygen atoms in total. The van der Waals surface area contributed by atoms with Crippen molar-refractivity contribution in [2.24, 2.45) is 11.8 Å². The second kappa shape index (κ2) is 7.60. The summed E-state index contributed by atoms with van der Waals surface area (Å²) in [5.41, 5.74) is 0. The topological polar surface area (TPSA) is 26.3 Å². The van der Waals surface area contributed by atoms with E-state index in [1.165, 1.54) is 6.92 Å². The average Bonchev–Trinajstić information content (AvgIpc) is 2.02. The number of rotatable bonds is 6. The summed E-state index contributed by atoms with van der Waals surface area (Å²) in [5, 5.41) is 0. The van der Waals surface area contributed by atoms with Crippen molar-refractivity contribution in [1.82, 2.24) is 0 Å². The predicted octanol–water partition coefficient (Wildman–Crippen LogP) is 3.18. The monoisotopic (exact) mass is 198 g/mol. The van der Waals surface area contributed by atoms with Crippen LogP contribution < -0.4 is 0 Å². The zero-order chi connectivity index (χ0) is 11.0. The number of hydrogen-bond donors (Lipinski definition) is 0. The van der Waals surface area contributed by atoms with E-state index in [1.54, 1.807) is 0 Å². The third kappa shape index (κ3) is 9.30. The Morgan fingerprint density at radius 3 is 2.50 bits per heavy atom. The number of hydrogen-bond acceptors (Lipinski definition) is 2. The smallest absolute Gasteiger partial charge is 0.302 e. The summed E-state index contributed by atoms with van der Waals surface area (Å²) in [6, 6.07) is 0. The summed E-state index contributed by atoms with van der Waals surface area (Å²) in [4.78, 5) is 10.5. The van der Waals surface area contributed by atoms with Crippen molar-refractivity contribution in [1.29, 1.82) is 0 Å². The SMILES string of the molecule is CC(=O)OCCC(C)C=CCC(C)C. The molecular formula is C12H22O2. The fourth-order valence-corrected chi connectivity index (χ4v) is 1.07. The molecule has 0 N–H and O–H groups in total. The van der Waals surface area contributed by atoms with E-state index in [0.717, 1.165) is 12.8 Å². The molecule has 1 atom stereocenters. The van der Waals surface area contributed by atoms with E-state index >= 15 is 0 Å². The highest BCUT2D eigenvalue weighted by Crippen LogP contribution is 2.07. The fraction of sp³-hybridized carbons (Fsp3) is 0.750. The van der Waals surface area contributed by atoms with Crippen LogP contribution in [-0.2, 0) is 9.53 Å². The third-order valence-corrected chi connectivity index (χ3v) is 1.95. The number of ether oxygens (including phenoxy) is 1. The molecule has 0 bridgehead atoms. The van der Waals surface area contributed by atoms with Gasteiger partial charge in [-0.15, -0.1) is 0 Å². The zero-order valence-electron chi connectivity index (χ0n) is 9.75. The molecule has 0 aromatic rings. The number of carbonyl (C=O) groups is 1. The van der Waals surface area contributed by atoms with Crippen LogP contribution in [-0.4, -0.2) is 12.6 Å². The summed E-state index contributed by atoms with van der Waals surface area (Å²) < 4.78 is 4.87. The van der Waals surface area contributed by atoms with Crippen LogP contribution in [0.15, 0.2) is 12.2 Å². The van der Waals surface area contributed by atoms with Crippen LogP contribution in [0.1, 0.15) is 40.5 Å². The van der Waals surface area contributed by atoms with Gasteiger partial charge >= 0.3 is 5.97 Å². The van der Waals surface area contributed by atoms with Gasteiger partial charge in [-0.05, 0) is 24.7 Å². The quantitative estimate of drug-likeness (QED) is 0.484. The van der Waals surface area contributed by atoms with Gasteiger partial charge in [0.25, 0.3) is 0 Å². The Balaban J connectivity index is 3.49. The molecule has 0 amide bonds. The van der Waals surface area contributed by atoms with Crippen molar-refractivity contribution in [3.05, 3.63) is 12.2 Å². The van der Waals surface area contributed by atoms with Gasteiger partial charge in [0, 0.05) is 6.92 Å². The molecule has 0 radical (unpaired) electrons. The maximum Gasteiger partial charge on any atom is 0.302 e. The fourth-order valence-electron chi connectivity index (χ4n) is 1.07. The van der Waals surface area contributed by atoms with Crippen molar-refractivity contribution in [3.8, 4) is 0 Å². The van der Waals surface area contributed by atoms with Gasteiger partial charge < -0.3 is 4.74 Å². The Morgan fingerprint density at radius 2 is 2.00 bits per heavy atom. The Morgan fingerprint density at radius 1 is 1.36 bits per heavy atom. The first-order valence-electron chi connectivity index (χ1n) is 5.32. The Bertz CT molecular complexity index is 183. The lowest BCUT2D eigenvalue weighted by molar-refractivity contribution is -0.141. The molecular weight excluding hydrogens is 176 g/mol. The number of carbonyl (C=O) groups excluding carboxylic acids is 1. The minimum atomic E-state index is -0.191. The summed E-state index contributed by atoms with van der Waals surface area (Å²) in [7, 11) is 0. The summed E-state index contributed by atoms with van der Waals surface area (Å²) >= 11 is 0. The first-order valence-corrected chi connectivity index (χ1v) is 5.32. The summed E-state index contributed by atoms with van der Waals surface area (Å²) in [6.45, 7) is 8.52. The normalized spacial score (nSPS) is 13.5. The molecule has 82 valence electrons. The summed E-state index contributed by atoms with van der Waals surface area (Å²) in [5.74, 6) is 1.02. The van der Waals surface area contributed by atoms with Gasteiger partial charge in [0.05, 0.1) is 6.61 Å². The molecule has 0 aromatic carbocycles. The summed E-state index contributed by atoms with van der Waals surface area (Å²) in [6.07, 6.45) is 6.44. The van der Waals surface area contributed by atoms with Gasteiger partial charge in [0.1, 0.15) is 0 Å². The van der Waals surface area contributed by atoms with E-state index in [9.17, 15) is 4.79 Å². The maximum absolute atomic E-state index is 10.5. The third-order valence-electron chi connectivity index (χ3n) is 1.95. The van der Waals surface area contributed by atoms with Gasteiger partial charge in [-0.2, -0.15) is 0 Å². The molecule has 1 unspecified atom stereocenters. The molecule has 0 aliphatic heterocycles. The van der Waals surface area contributed by atoms with Crippen LogP contribution >= 0.6 is 0 Å². The van der Waals surface area contributed by atoms with Crippen LogP contribution in [0.25, 0.3) is 0 Å². The average molecular weight is 198 g/mol. The molecule has 0 fully saturated rings. The second-order valence-corrected chi connectivity index (χ2v) is 4.16. The zero-order valence-corrected chi connectivity index (χ0v) is 9.75. The van der Waals surface area contributed by atoms with Gasteiger partial charge in [-0.1, -0.05) is 32.9 Å². The number of esters is 1. The Hall–Kier alpha value is -0.790. The highest BCUT2D eigenvalue weighted by molar-refractivity contribution is 5.65. The van der Waals surface area contributed by atoms with Crippen molar-refractivity contribution < 1.29 is 9.53 Å². The lowest BCUT2D eigenvalue weighted by atomic mass is 10.1. The highest BCUT2D eigenvalue weighted by Gasteiger charge is 1.99. The lowest BCUT2D eigenvalue weighted by Crippen LogP contribution is -2.03. The molecule has 0 heterocycles. The number of allylic oxidation sites excluding steroid dienone is 2. The van der Waals surface area contributed by atoms with Crippen LogP contribution in [0.4, 0.5) is 0 Å². The van der Waals surface area contributed by atoms with Gasteiger partial charge in [0.15, 0.2) is 0 Å².